The van der Waals surface area contributed by atoms with Crippen LogP contribution in [-0.2, 0) is 0 Å². The Labute approximate surface area is 132 Å². The zero-order chi connectivity index (χ0) is 15.4. The van der Waals surface area contributed by atoms with Crippen molar-refractivity contribution in [1.29, 1.82) is 5.26 Å². The maximum atomic E-state index is 12.7. The van der Waals surface area contributed by atoms with Crippen LogP contribution in [-0.4, -0.2) is 12.9 Å². The van der Waals surface area contributed by atoms with Gasteiger partial charge < -0.3 is 4.74 Å². The van der Waals surface area contributed by atoms with Crippen LogP contribution in [0.15, 0.2) is 46.9 Å². The summed E-state index contributed by atoms with van der Waals surface area (Å²) in [6.07, 6.45) is 0. The van der Waals surface area contributed by atoms with Gasteiger partial charge >= 0.3 is 0 Å². The summed E-state index contributed by atoms with van der Waals surface area (Å²) >= 11 is 3.36. The Morgan fingerprint density at radius 1 is 1.29 bits per heavy atom. The molecule has 0 aromatic heterocycles. The van der Waals surface area contributed by atoms with Crippen LogP contribution in [0.2, 0.25) is 0 Å². The molecule has 0 radical (unpaired) electrons. The molecule has 0 fully saturated rings. The van der Waals surface area contributed by atoms with Crippen molar-refractivity contribution in [2.45, 2.75) is 12.8 Å². The van der Waals surface area contributed by atoms with Crippen molar-refractivity contribution >= 4 is 21.7 Å². The van der Waals surface area contributed by atoms with Gasteiger partial charge in [-0.25, -0.2) is 0 Å². The van der Waals surface area contributed by atoms with Crippen molar-refractivity contribution in [2.24, 2.45) is 0 Å². The molecule has 2 aromatic rings. The van der Waals surface area contributed by atoms with Crippen LogP contribution in [0.3, 0.4) is 0 Å². The van der Waals surface area contributed by atoms with E-state index in [0.29, 0.717) is 16.9 Å². The number of nitriles is 1. The van der Waals surface area contributed by atoms with E-state index in [4.69, 9.17) is 4.74 Å². The Morgan fingerprint density at radius 2 is 2.05 bits per heavy atom. The summed E-state index contributed by atoms with van der Waals surface area (Å²) in [5, 5.41) is 9.41. The number of rotatable bonds is 4. The summed E-state index contributed by atoms with van der Waals surface area (Å²) in [4.78, 5) is 12.7. The fourth-order valence-electron chi connectivity index (χ4n) is 2.14. The number of ketones is 1. The molecule has 4 heteroatoms. The van der Waals surface area contributed by atoms with Crippen molar-refractivity contribution in [2.75, 3.05) is 7.11 Å². The number of nitrogens with zero attached hydrogens (tertiary/aromatic N) is 1. The fraction of sp³-hybridized carbons (Fsp3) is 0.176. The standard InChI is InChI=1S/C17H14BrNO2/c1-11-6-7-16(21-2)14(8-11)17(20)15(10-19)12-4-3-5-13(18)9-12/h3-9,15H,1-2H3. The van der Waals surface area contributed by atoms with E-state index in [2.05, 4.69) is 22.0 Å². The smallest absolute Gasteiger partial charge is 0.188 e. The van der Waals surface area contributed by atoms with Crippen molar-refractivity contribution in [3.05, 3.63) is 63.6 Å². The molecule has 0 aliphatic rings. The first-order valence-corrected chi connectivity index (χ1v) is 7.20. The molecule has 0 amide bonds. The van der Waals surface area contributed by atoms with Crippen LogP contribution in [0, 0.1) is 18.3 Å². The van der Waals surface area contributed by atoms with Crippen LogP contribution < -0.4 is 4.74 Å². The SMILES string of the molecule is COc1ccc(C)cc1C(=O)C(C#N)c1cccc(Br)c1. The van der Waals surface area contributed by atoms with Gasteiger partial charge in [0.2, 0.25) is 0 Å². The number of Topliss-reactive ketones (excluding diaryl/α,β-unsaturated/α-hetero) is 1. The molecule has 1 unspecified atom stereocenters. The molecule has 0 saturated carbocycles. The largest absolute Gasteiger partial charge is 0.496 e. The molecule has 2 rings (SSSR count). The zero-order valence-electron chi connectivity index (χ0n) is 11.8. The second-order valence-electron chi connectivity index (χ2n) is 4.69. The van der Waals surface area contributed by atoms with Gasteiger partial charge in [-0.05, 0) is 36.8 Å². The minimum Gasteiger partial charge on any atom is -0.496 e. The lowest BCUT2D eigenvalue weighted by Gasteiger charge is -2.13. The van der Waals surface area contributed by atoms with Crippen LogP contribution in [0.4, 0.5) is 0 Å². The molecule has 21 heavy (non-hydrogen) atoms. The van der Waals surface area contributed by atoms with E-state index < -0.39 is 5.92 Å². The van der Waals surface area contributed by atoms with Crippen LogP contribution in [0.25, 0.3) is 0 Å². The summed E-state index contributed by atoms with van der Waals surface area (Å²) in [5.74, 6) is -0.616. The molecule has 0 bridgehead atoms. The quantitative estimate of drug-likeness (QED) is 0.779. The predicted octanol–water partition coefficient (Wildman–Crippen LogP) is 4.26. The molecule has 106 valence electrons. The number of methoxy groups -OCH3 is 1. The molecule has 0 saturated heterocycles. The third-order valence-electron chi connectivity index (χ3n) is 3.19. The van der Waals surface area contributed by atoms with Gasteiger partial charge in [-0.1, -0.05) is 39.7 Å². The third-order valence-corrected chi connectivity index (χ3v) is 3.69. The Morgan fingerprint density at radius 3 is 2.67 bits per heavy atom. The van der Waals surface area contributed by atoms with Gasteiger partial charge in [0.15, 0.2) is 5.78 Å². The lowest BCUT2D eigenvalue weighted by Crippen LogP contribution is -2.12. The highest BCUT2D eigenvalue weighted by Crippen LogP contribution is 2.28. The monoisotopic (exact) mass is 343 g/mol. The van der Waals surface area contributed by atoms with Gasteiger partial charge in [-0.2, -0.15) is 5.26 Å². The highest BCUT2D eigenvalue weighted by Gasteiger charge is 2.24. The maximum Gasteiger partial charge on any atom is 0.188 e. The first kappa shape index (κ1) is 15.3. The first-order valence-electron chi connectivity index (χ1n) is 6.40. The molecule has 0 N–H and O–H groups in total. The van der Waals surface area contributed by atoms with Crippen molar-refractivity contribution in [3.8, 4) is 11.8 Å². The topological polar surface area (TPSA) is 50.1 Å². The summed E-state index contributed by atoms with van der Waals surface area (Å²) < 4.78 is 6.07. The van der Waals surface area contributed by atoms with E-state index in [-0.39, 0.29) is 5.78 Å². The molecule has 0 aliphatic carbocycles. The van der Waals surface area contributed by atoms with Gasteiger partial charge in [0.1, 0.15) is 11.7 Å². The Balaban J connectivity index is 2.47. The highest BCUT2D eigenvalue weighted by atomic mass is 79.9. The second-order valence-corrected chi connectivity index (χ2v) is 5.60. The number of carbonyl (C=O) groups excluding carboxylic acids is 1. The average Bonchev–Trinajstić information content (AvgIpc) is 2.48. The normalized spacial score (nSPS) is 11.5. The van der Waals surface area contributed by atoms with Gasteiger partial charge in [-0.15, -0.1) is 0 Å². The second kappa shape index (κ2) is 6.55. The number of hydrogen-bond donors (Lipinski definition) is 0. The Hall–Kier alpha value is -2.12. The minimum absolute atomic E-state index is 0.254. The van der Waals surface area contributed by atoms with Gasteiger partial charge in [0.25, 0.3) is 0 Å². The molecule has 0 spiro atoms. The summed E-state index contributed by atoms with van der Waals surface area (Å²) in [7, 11) is 1.52. The van der Waals surface area contributed by atoms with E-state index in [1.54, 1.807) is 24.3 Å². The van der Waals surface area contributed by atoms with Gasteiger partial charge in [0.05, 0.1) is 18.7 Å². The maximum absolute atomic E-state index is 12.7. The fourth-order valence-corrected chi connectivity index (χ4v) is 2.56. The van der Waals surface area contributed by atoms with Crippen LogP contribution in [0.1, 0.15) is 27.4 Å². The van der Waals surface area contributed by atoms with E-state index in [1.807, 2.05) is 25.1 Å². The highest BCUT2D eigenvalue weighted by molar-refractivity contribution is 9.10. The summed E-state index contributed by atoms with van der Waals surface area (Å²) in [5.41, 5.74) is 2.05. The molecule has 0 heterocycles. The molecule has 3 nitrogen and oxygen atoms in total. The van der Waals surface area contributed by atoms with Crippen LogP contribution in [0.5, 0.6) is 5.75 Å². The number of aryl methyl sites for hydroxylation is 1. The van der Waals surface area contributed by atoms with Gasteiger partial charge in [-0.3, -0.25) is 4.79 Å². The average molecular weight is 344 g/mol. The third kappa shape index (κ3) is 3.32. The number of benzene rings is 2. The zero-order valence-corrected chi connectivity index (χ0v) is 13.3. The van der Waals surface area contributed by atoms with E-state index >= 15 is 0 Å². The molecular formula is C17H14BrNO2. The predicted molar refractivity (Wildman–Crippen MR) is 84.6 cm³/mol. The lowest BCUT2D eigenvalue weighted by atomic mass is 9.91. The number of carbonyl (C=O) groups is 1. The Bertz CT molecular complexity index is 719. The van der Waals surface area contributed by atoms with E-state index in [1.165, 1.54) is 7.11 Å². The number of hydrogen-bond acceptors (Lipinski definition) is 3. The number of ether oxygens (including phenoxy) is 1. The minimum atomic E-state index is -0.849. The molecule has 0 aliphatic heterocycles. The van der Waals surface area contributed by atoms with E-state index in [0.717, 1.165) is 10.0 Å². The summed E-state index contributed by atoms with van der Waals surface area (Å²) in [6.45, 7) is 1.90. The molecule has 2 aromatic carbocycles. The van der Waals surface area contributed by atoms with Crippen molar-refractivity contribution in [3.63, 3.8) is 0 Å². The Kier molecular flexibility index (Phi) is 4.77. The van der Waals surface area contributed by atoms with Crippen molar-refractivity contribution in [1.82, 2.24) is 0 Å². The molecular weight excluding hydrogens is 330 g/mol. The van der Waals surface area contributed by atoms with Gasteiger partial charge in [0, 0.05) is 4.47 Å². The van der Waals surface area contributed by atoms with E-state index in [9.17, 15) is 10.1 Å². The van der Waals surface area contributed by atoms with Crippen LogP contribution >= 0.6 is 15.9 Å². The van der Waals surface area contributed by atoms with Crippen molar-refractivity contribution < 1.29 is 9.53 Å². The number of halogens is 1. The molecule has 1 atom stereocenters. The lowest BCUT2D eigenvalue weighted by molar-refractivity contribution is 0.0976. The summed E-state index contributed by atoms with van der Waals surface area (Å²) in [6, 6.07) is 14.7. The first-order chi connectivity index (χ1) is 10.1.